The van der Waals surface area contributed by atoms with Crippen LogP contribution in [0, 0.1) is 0 Å². The number of aromatic nitrogens is 2. The number of carbonyl (C=O) groups excluding carboxylic acids is 2. The molecular weight excluding hydrogens is 620 g/mol. The molecule has 0 aliphatic carbocycles. The number of para-hydroxylation sites is 4. The minimum atomic E-state index is -1.10. The van der Waals surface area contributed by atoms with Crippen molar-refractivity contribution in [2.75, 3.05) is 32.2 Å². The van der Waals surface area contributed by atoms with Crippen molar-refractivity contribution in [3.8, 4) is 17.2 Å². The number of H-pyrrole nitrogens is 2. The largest absolute Gasteiger partial charge is 0.493 e. The van der Waals surface area contributed by atoms with Gasteiger partial charge in [-0.15, -0.1) is 0 Å². The molecule has 4 aromatic carbocycles. The number of ether oxygens (including phenoxy) is 3. The summed E-state index contributed by atoms with van der Waals surface area (Å²) in [7, 11) is 1.57. The summed E-state index contributed by atoms with van der Waals surface area (Å²) in [6.45, 7) is 0.462. The Morgan fingerprint density at radius 3 is 2.30 bits per heavy atom. The average molecular weight is 653 g/mol. The van der Waals surface area contributed by atoms with Crippen molar-refractivity contribution in [2.45, 2.75) is 12.1 Å². The molecule has 0 spiro atoms. The van der Waals surface area contributed by atoms with Crippen LogP contribution in [0.25, 0.3) is 21.8 Å². The molecule has 2 heterocycles. The smallest absolute Gasteiger partial charge is 0.272 e. The molecule has 0 saturated heterocycles. The maximum atomic E-state index is 12.8. The molecule has 5 N–H and O–H groups in total. The standard InChI is InChI=1S/C36H33ClN4O6/c1-45-30-12-6-7-13-31(30)46-19-18-38-33(32-25-9-3-5-11-27(25)41-34(32)35(37)43)29(42)21-47-24-16-14-23(15-17-24)39-36(44)28-20-22-8-2-4-10-26(22)40-28/h2-17,20,29,33,38,40-42H,18-19,21H2,1H3,(H,39,44). The summed E-state index contributed by atoms with van der Waals surface area (Å²) in [5, 5.41) is 18.7. The average Bonchev–Trinajstić information content (AvgIpc) is 3.71. The highest BCUT2D eigenvalue weighted by Gasteiger charge is 2.29. The molecule has 0 radical (unpaired) electrons. The predicted octanol–water partition coefficient (Wildman–Crippen LogP) is 6.44. The highest BCUT2D eigenvalue weighted by Crippen LogP contribution is 2.32. The summed E-state index contributed by atoms with van der Waals surface area (Å²) >= 11 is 6.01. The second-order valence-corrected chi connectivity index (χ2v) is 11.1. The zero-order chi connectivity index (χ0) is 32.8. The zero-order valence-electron chi connectivity index (χ0n) is 25.5. The van der Waals surface area contributed by atoms with Crippen LogP contribution in [0.2, 0.25) is 0 Å². The monoisotopic (exact) mass is 652 g/mol. The Kier molecular flexibility index (Phi) is 9.72. The number of hydrogen-bond acceptors (Lipinski definition) is 7. The van der Waals surface area contributed by atoms with Gasteiger partial charge < -0.3 is 39.9 Å². The van der Waals surface area contributed by atoms with Gasteiger partial charge in [0.25, 0.3) is 11.1 Å². The van der Waals surface area contributed by atoms with Gasteiger partial charge in [-0.25, -0.2) is 0 Å². The van der Waals surface area contributed by atoms with E-state index in [2.05, 4.69) is 20.6 Å². The number of aromatic amines is 2. The molecule has 0 saturated carbocycles. The molecule has 47 heavy (non-hydrogen) atoms. The summed E-state index contributed by atoms with van der Waals surface area (Å²) in [6, 6.07) is 30.3. The van der Waals surface area contributed by atoms with Crippen LogP contribution >= 0.6 is 11.6 Å². The van der Waals surface area contributed by atoms with E-state index in [1.807, 2.05) is 66.7 Å². The molecule has 0 fully saturated rings. The highest BCUT2D eigenvalue weighted by atomic mass is 35.5. The molecule has 0 aliphatic rings. The van der Waals surface area contributed by atoms with Crippen molar-refractivity contribution < 1.29 is 28.9 Å². The van der Waals surface area contributed by atoms with Gasteiger partial charge in [-0.1, -0.05) is 48.5 Å². The number of amides is 1. The van der Waals surface area contributed by atoms with Gasteiger partial charge in [0, 0.05) is 39.6 Å². The topological polar surface area (TPSA) is 138 Å². The van der Waals surface area contributed by atoms with Crippen LogP contribution in [0.3, 0.4) is 0 Å². The van der Waals surface area contributed by atoms with Crippen molar-refractivity contribution in [3.63, 3.8) is 0 Å². The number of carbonyl (C=O) groups is 2. The highest BCUT2D eigenvalue weighted by molar-refractivity contribution is 6.67. The van der Waals surface area contributed by atoms with E-state index in [1.54, 1.807) is 43.5 Å². The maximum Gasteiger partial charge on any atom is 0.272 e. The molecule has 2 unspecified atom stereocenters. The first-order valence-electron chi connectivity index (χ1n) is 15.0. The lowest BCUT2D eigenvalue weighted by atomic mass is 9.98. The number of anilines is 1. The minimum Gasteiger partial charge on any atom is -0.493 e. The van der Waals surface area contributed by atoms with Gasteiger partial charge in [0.05, 0.1) is 13.2 Å². The third-order valence-electron chi connectivity index (χ3n) is 7.74. The Labute approximate surface area is 275 Å². The van der Waals surface area contributed by atoms with Gasteiger partial charge in [-0.05, 0) is 66.2 Å². The van der Waals surface area contributed by atoms with Crippen molar-refractivity contribution >= 4 is 50.2 Å². The molecule has 2 atom stereocenters. The number of nitrogens with one attached hydrogen (secondary N) is 4. The Morgan fingerprint density at radius 2 is 1.55 bits per heavy atom. The van der Waals surface area contributed by atoms with E-state index in [1.165, 1.54) is 0 Å². The lowest BCUT2D eigenvalue weighted by Crippen LogP contribution is -2.38. The molecule has 0 bridgehead atoms. The zero-order valence-corrected chi connectivity index (χ0v) is 26.2. The molecule has 11 heteroatoms. The van der Waals surface area contributed by atoms with Crippen molar-refractivity contribution in [3.05, 3.63) is 120 Å². The van der Waals surface area contributed by atoms with Gasteiger partial charge >= 0.3 is 0 Å². The van der Waals surface area contributed by atoms with E-state index < -0.39 is 17.4 Å². The van der Waals surface area contributed by atoms with Crippen LogP contribution in [-0.4, -0.2) is 59.2 Å². The quantitative estimate of drug-likeness (QED) is 0.0675. The number of aliphatic hydroxyl groups is 1. The van der Waals surface area contributed by atoms with Gasteiger partial charge in [-0.3, -0.25) is 9.59 Å². The van der Waals surface area contributed by atoms with Crippen LogP contribution in [0.5, 0.6) is 17.2 Å². The summed E-state index contributed by atoms with van der Waals surface area (Å²) in [6.07, 6.45) is -1.10. The fourth-order valence-electron chi connectivity index (χ4n) is 5.49. The predicted molar refractivity (Wildman–Crippen MR) is 182 cm³/mol. The number of hydrogen-bond donors (Lipinski definition) is 5. The van der Waals surface area contributed by atoms with Crippen LogP contribution in [0.4, 0.5) is 5.69 Å². The Balaban J connectivity index is 1.14. The number of rotatable bonds is 14. The second-order valence-electron chi connectivity index (χ2n) is 10.8. The molecule has 240 valence electrons. The fraction of sp³-hybridized carbons (Fsp3) is 0.167. The summed E-state index contributed by atoms with van der Waals surface area (Å²) in [5.41, 5.74) is 3.34. The lowest BCUT2D eigenvalue weighted by Gasteiger charge is -2.25. The van der Waals surface area contributed by atoms with Crippen molar-refractivity contribution in [1.82, 2.24) is 15.3 Å². The van der Waals surface area contributed by atoms with E-state index >= 15 is 0 Å². The van der Waals surface area contributed by atoms with Gasteiger partial charge in [-0.2, -0.15) is 0 Å². The van der Waals surface area contributed by atoms with E-state index in [0.29, 0.717) is 46.3 Å². The fourth-order valence-corrected chi connectivity index (χ4v) is 5.64. The molecule has 2 aromatic heterocycles. The molecular formula is C36H33ClN4O6. The first kappa shape index (κ1) is 31.7. The van der Waals surface area contributed by atoms with Gasteiger partial charge in [0.2, 0.25) is 0 Å². The van der Waals surface area contributed by atoms with Crippen molar-refractivity contribution in [2.24, 2.45) is 0 Å². The molecule has 6 aromatic rings. The Hall–Kier alpha value is -5.29. The Morgan fingerprint density at radius 1 is 0.851 bits per heavy atom. The van der Waals surface area contributed by atoms with E-state index in [4.69, 9.17) is 25.8 Å². The van der Waals surface area contributed by atoms with E-state index in [0.717, 1.165) is 16.3 Å². The third-order valence-corrected chi connectivity index (χ3v) is 7.93. The Bertz CT molecular complexity index is 1970. The number of benzene rings is 4. The van der Waals surface area contributed by atoms with Crippen LogP contribution < -0.4 is 24.8 Å². The van der Waals surface area contributed by atoms with Gasteiger partial charge in [0.15, 0.2) is 11.5 Å². The molecule has 10 nitrogen and oxygen atoms in total. The summed E-state index contributed by atoms with van der Waals surface area (Å²) < 4.78 is 17.2. The van der Waals surface area contributed by atoms with Crippen molar-refractivity contribution in [1.29, 1.82) is 0 Å². The van der Waals surface area contributed by atoms with E-state index in [9.17, 15) is 14.7 Å². The maximum absolute atomic E-state index is 12.8. The number of fused-ring (bicyclic) bond motifs is 2. The second kappa shape index (κ2) is 14.4. The normalized spacial score (nSPS) is 12.5. The van der Waals surface area contributed by atoms with E-state index in [-0.39, 0.29) is 24.8 Å². The van der Waals surface area contributed by atoms with Crippen LogP contribution in [-0.2, 0) is 0 Å². The number of methoxy groups -OCH3 is 1. The third kappa shape index (κ3) is 7.25. The summed E-state index contributed by atoms with van der Waals surface area (Å²) in [4.78, 5) is 31.5. The number of aliphatic hydroxyl groups excluding tert-OH is 1. The number of halogens is 1. The lowest BCUT2D eigenvalue weighted by molar-refractivity contribution is 0.0714. The molecule has 1 amide bonds. The minimum absolute atomic E-state index is 0.110. The first-order valence-corrected chi connectivity index (χ1v) is 15.4. The van der Waals surface area contributed by atoms with Crippen LogP contribution in [0.1, 0.15) is 32.6 Å². The molecule has 6 rings (SSSR count). The molecule has 0 aliphatic heterocycles. The van der Waals surface area contributed by atoms with Crippen LogP contribution in [0.15, 0.2) is 103 Å². The first-order chi connectivity index (χ1) is 22.9. The van der Waals surface area contributed by atoms with Gasteiger partial charge in [0.1, 0.15) is 36.5 Å². The SMILES string of the molecule is COc1ccccc1OCCNC(c1c(C(=O)Cl)[nH]c2ccccc12)C(O)COc1ccc(NC(=O)c2cc3ccccc3[nH]2)cc1. The summed E-state index contributed by atoms with van der Waals surface area (Å²) in [5.74, 6) is 1.41.